The monoisotopic (exact) mass is 372 g/mol. The third kappa shape index (κ3) is 3.80. The van der Waals surface area contributed by atoms with Crippen LogP contribution in [-0.4, -0.2) is 21.9 Å². The number of rotatable bonds is 5. The average molecular weight is 372 g/mol. The first kappa shape index (κ1) is 17.8. The van der Waals surface area contributed by atoms with Gasteiger partial charge in [0.15, 0.2) is 0 Å². The molecule has 1 amide bonds. The molecule has 0 saturated heterocycles. The molecule has 1 aliphatic carbocycles. The van der Waals surface area contributed by atoms with Crippen LogP contribution in [-0.2, 0) is 17.6 Å². The van der Waals surface area contributed by atoms with Crippen molar-refractivity contribution in [3.8, 4) is 0 Å². The topological polar surface area (TPSA) is 110 Å². The first-order valence-electron chi connectivity index (χ1n) is 8.07. The van der Waals surface area contributed by atoms with Gasteiger partial charge in [0, 0.05) is 23.1 Å². The second-order valence-corrected chi connectivity index (χ2v) is 7.00. The van der Waals surface area contributed by atoms with Crippen molar-refractivity contribution in [1.29, 1.82) is 0 Å². The molecule has 0 saturated carbocycles. The molecule has 1 heterocycles. The molecule has 1 aliphatic rings. The lowest BCUT2D eigenvalue weighted by Gasteiger charge is -2.10. The smallest absolute Gasteiger partial charge is 0.339 e. The lowest BCUT2D eigenvalue weighted by atomic mass is 9.95. The molecule has 0 bridgehead atoms. The molecule has 1 aromatic heterocycles. The number of nitro groups is 1. The number of carboxylic acid groups (broad SMARTS) is 1. The predicted molar refractivity (Wildman–Crippen MR) is 98.7 cm³/mol. The Kier molecular flexibility index (Phi) is 5.13. The van der Waals surface area contributed by atoms with Crippen LogP contribution >= 0.6 is 11.3 Å². The van der Waals surface area contributed by atoms with Crippen molar-refractivity contribution in [2.45, 2.75) is 25.7 Å². The molecular formula is C18H16N2O5S. The minimum Gasteiger partial charge on any atom is -0.478 e. The molecule has 0 unspecified atom stereocenters. The molecular weight excluding hydrogens is 356 g/mol. The fourth-order valence-corrected chi connectivity index (χ4v) is 4.20. The van der Waals surface area contributed by atoms with Gasteiger partial charge in [-0.05, 0) is 55.0 Å². The summed E-state index contributed by atoms with van der Waals surface area (Å²) in [6.07, 6.45) is 6.35. The highest BCUT2D eigenvalue weighted by Gasteiger charge is 2.25. The van der Waals surface area contributed by atoms with Gasteiger partial charge in [0.05, 0.1) is 10.5 Å². The number of non-ortho nitro benzene ring substituents is 1. The van der Waals surface area contributed by atoms with E-state index in [1.165, 1.54) is 47.8 Å². The van der Waals surface area contributed by atoms with Gasteiger partial charge < -0.3 is 10.4 Å². The summed E-state index contributed by atoms with van der Waals surface area (Å²) in [5, 5.41) is 23.1. The molecule has 1 aromatic carbocycles. The third-order valence-electron chi connectivity index (χ3n) is 4.15. The van der Waals surface area contributed by atoms with Crippen molar-refractivity contribution in [2.24, 2.45) is 0 Å². The van der Waals surface area contributed by atoms with Crippen molar-refractivity contribution >= 4 is 40.0 Å². The van der Waals surface area contributed by atoms with Crippen molar-refractivity contribution in [2.75, 3.05) is 5.32 Å². The quantitative estimate of drug-likeness (QED) is 0.470. The number of amides is 1. The highest BCUT2D eigenvalue weighted by molar-refractivity contribution is 7.17. The molecule has 134 valence electrons. The largest absolute Gasteiger partial charge is 0.478 e. The Hall–Kier alpha value is -3.00. The van der Waals surface area contributed by atoms with Gasteiger partial charge in [-0.3, -0.25) is 14.9 Å². The molecule has 8 heteroatoms. The van der Waals surface area contributed by atoms with Gasteiger partial charge in [-0.2, -0.15) is 0 Å². The molecule has 3 rings (SSSR count). The average Bonchev–Trinajstić information content (AvgIpc) is 2.98. The number of carbonyl (C=O) groups is 2. The highest BCUT2D eigenvalue weighted by Crippen LogP contribution is 2.38. The van der Waals surface area contributed by atoms with Gasteiger partial charge in [-0.1, -0.05) is 0 Å². The maximum absolute atomic E-state index is 12.2. The van der Waals surface area contributed by atoms with Crippen LogP contribution in [0.5, 0.6) is 0 Å². The van der Waals surface area contributed by atoms with Gasteiger partial charge in [-0.25, -0.2) is 4.79 Å². The van der Waals surface area contributed by atoms with E-state index in [4.69, 9.17) is 0 Å². The number of hydrogen-bond donors (Lipinski definition) is 2. The number of fused-ring (bicyclic) bond motifs is 1. The Morgan fingerprint density at radius 3 is 2.54 bits per heavy atom. The van der Waals surface area contributed by atoms with Gasteiger partial charge in [-0.15, -0.1) is 11.3 Å². The molecule has 0 fully saturated rings. The normalized spacial score (nSPS) is 13.4. The predicted octanol–water partition coefficient (Wildman–Crippen LogP) is 3.89. The Morgan fingerprint density at radius 1 is 1.19 bits per heavy atom. The second kappa shape index (κ2) is 7.49. The van der Waals surface area contributed by atoms with Crippen molar-refractivity contribution in [1.82, 2.24) is 0 Å². The standard InChI is InChI=1S/C18H16N2O5S/c21-15(10-7-11-5-8-12(9-6-11)20(24)25)19-17-16(18(22)23)13-3-1-2-4-14(13)26-17/h5-10H,1-4H2,(H,19,21)(H,22,23)/b10-7+. The number of nitro benzene ring substituents is 1. The molecule has 0 radical (unpaired) electrons. The van der Waals surface area contributed by atoms with Gasteiger partial charge >= 0.3 is 5.97 Å². The number of aromatic carboxylic acids is 1. The summed E-state index contributed by atoms with van der Waals surface area (Å²) in [5.41, 5.74) is 1.64. The summed E-state index contributed by atoms with van der Waals surface area (Å²) in [5.74, 6) is -1.47. The molecule has 2 N–H and O–H groups in total. The molecule has 26 heavy (non-hydrogen) atoms. The van der Waals surface area contributed by atoms with Crippen LogP contribution in [0.2, 0.25) is 0 Å². The molecule has 2 aromatic rings. The van der Waals surface area contributed by atoms with E-state index in [0.29, 0.717) is 10.6 Å². The van der Waals surface area contributed by atoms with Crippen molar-refractivity contribution < 1.29 is 19.6 Å². The van der Waals surface area contributed by atoms with Gasteiger partial charge in [0.2, 0.25) is 5.91 Å². The summed E-state index contributed by atoms with van der Waals surface area (Å²) in [6, 6.07) is 5.78. The van der Waals surface area contributed by atoms with Crippen molar-refractivity contribution in [3.05, 3.63) is 62.0 Å². The number of nitrogens with one attached hydrogen (secondary N) is 1. The number of aryl methyl sites for hydroxylation is 1. The summed E-state index contributed by atoms with van der Waals surface area (Å²) in [6.45, 7) is 0. The van der Waals surface area contributed by atoms with Crippen LogP contribution in [0, 0.1) is 10.1 Å². The number of anilines is 1. The number of benzene rings is 1. The number of nitrogens with zero attached hydrogens (tertiary/aromatic N) is 1. The Morgan fingerprint density at radius 2 is 1.88 bits per heavy atom. The molecule has 0 atom stereocenters. The van der Waals surface area contributed by atoms with Crippen LogP contribution in [0.1, 0.15) is 39.2 Å². The van der Waals surface area contributed by atoms with Crippen LogP contribution in [0.4, 0.5) is 10.7 Å². The maximum atomic E-state index is 12.2. The molecule has 0 spiro atoms. The van der Waals surface area contributed by atoms with Crippen LogP contribution in [0.15, 0.2) is 30.3 Å². The zero-order valence-electron chi connectivity index (χ0n) is 13.7. The number of carboxylic acids is 1. The summed E-state index contributed by atoms with van der Waals surface area (Å²) >= 11 is 1.32. The summed E-state index contributed by atoms with van der Waals surface area (Å²) in [7, 11) is 0. The van der Waals surface area contributed by atoms with E-state index in [-0.39, 0.29) is 11.3 Å². The van der Waals surface area contributed by atoms with E-state index in [9.17, 15) is 24.8 Å². The zero-order valence-corrected chi connectivity index (χ0v) is 14.5. The fraction of sp³-hybridized carbons (Fsp3) is 0.222. The number of thiophene rings is 1. The first-order valence-corrected chi connectivity index (χ1v) is 8.88. The van der Waals surface area contributed by atoms with Crippen LogP contribution < -0.4 is 5.32 Å². The SMILES string of the molecule is O=C(/C=C/c1ccc([N+](=O)[O-])cc1)Nc1sc2c(c1C(=O)O)CCCC2. The van der Waals surface area contributed by atoms with E-state index in [1.807, 2.05) is 0 Å². The van der Waals surface area contributed by atoms with Crippen molar-refractivity contribution in [3.63, 3.8) is 0 Å². The van der Waals surface area contributed by atoms with E-state index in [0.717, 1.165) is 36.1 Å². The number of carbonyl (C=O) groups excluding carboxylic acids is 1. The highest BCUT2D eigenvalue weighted by atomic mass is 32.1. The Balaban J connectivity index is 1.75. The maximum Gasteiger partial charge on any atom is 0.339 e. The van der Waals surface area contributed by atoms with E-state index < -0.39 is 16.8 Å². The van der Waals surface area contributed by atoms with Crippen LogP contribution in [0.25, 0.3) is 6.08 Å². The minimum absolute atomic E-state index is 0.0260. The first-order chi connectivity index (χ1) is 12.5. The van der Waals surface area contributed by atoms with Gasteiger partial charge in [0.25, 0.3) is 5.69 Å². The molecule has 0 aliphatic heterocycles. The lowest BCUT2D eigenvalue weighted by Crippen LogP contribution is -2.11. The van der Waals surface area contributed by atoms with E-state index >= 15 is 0 Å². The minimum atomic E-state index is -1.03. The Bertz CT molecular complexity index is 899. The summed E-state index contributed by atoms with van der Waals surface area (Å²) < 4.78 is 0. The Labute approximate surface area is 153 Å². The molecule has 7 nitrogen and oxygen atoms in total. The zero-order chi connectivity index (χ0) is 18.7. The fourth-order valence-electron chi connectivity index (χ4n) is 2.91. The van der Waals surface area contributed by atoms with Gasteiger partial charge in [0.1, 0.15) is 5.00 Å². The summed E-state index contributed by atoms with van der Waals surface area (Å²) in [4.78, 5) is 34.9. The van der Waals surface area contributed by atoms with E-state index in [1.54, 1.807) is 0 Å². The van der Waals surface area contributed by atoms with E-state index in [2.05, 4.69) is 5.32 Å². The second-order valence-electron chi connectivity index (χ2n) is 5.89. The van der Waals surface area contributed by atoms with Crippen LogP contribution in [0.3, 0.4) is 0 Å². The third-order valence-corrected chi connectivity index (χ3v) is 5.36. The lowest BCUT2D eigenvalue weighted by molar-refractivity contribution is -0.384. The number of hydrogen-bond acceptors (Lipinski definition) is 5.